The number of ether oxygens (including phenoxy) is 1. The molecule has 1 aromatic rings. The number of aliphatic carboxylic acids is 1. The van der Waals surface area contributed by atoms with Crippen molar-refractivity contribution in [1.82, 2.24) is 4.98 Å². The summed E-state index contributed by atoms with van der Waals surface area (Å²) < 4.78 is 5.07. The molecule has 0 bridgehead atoms. The number of carboxylic acid groups (broad SMARTS) is 1. The van der Waals surface area contributed by atoms with Gasteiger partial charge in [0.1, 0.15) is 6.04 Å². The second-order valence-corrected chi connectivity index (χ2v) is 2.86. The highest BCUT2D eigenvalue weighted by Crippen LogP contribution is 2.25. The summed E-state index contributed by atoms with van der Waals surface area (Å²) in [6, 6.07) is 2.42. The normalized spacial score (nSPS) is 24.6. The Morgan fingerprint density at radius 3 is 2.79 bits per heavy atom. The zero-order valence-corrected chi connectivity index (χ0v) is 7.16. The minimum Gasteiger partial charge on any atom is -0.548 e. The summed E-state index contributed by atoms with van der Waals surface area (Å²) in [5, 5.41) is 10.7. The molecule has 0 N–H and O–H groups in total. The van der Waals surface area contributed by atoms with E-state index in [0.29, 0.717) is 0 Å². The van der Waals surface area contributed by atoms with Crippen molar-refractivity contribution >= 4 is 12.4 Å². The molecule has 2 rings (SSSR count). The number of carboxylic acids is 1. The third-order valence-electron chi connectivity index (χ3n) is 1.99. The molecule has 1 aliphatic heterocycles. The molecule has 1 unspecified atom stereocenters. The van der Waals surface area contributed by atoms with Gasteiger partial charge < -0.3 is 14.6 Å². The van der Waals surface area contributed by atoms with E-state index in [9.17, 15) is 9.90 Å². The summed E-state index contributed by atoms with van der Waals surface area (Å²) in [6.45, 7) is 0. The van der Waals surface area contributed by atoms with Crippen LogP contribution in [0.2, 0.25) is 0 Å². The molecule has 0 fully saturated rings. The van der Waals surface area contributed by atoms with Gasteiger partial charge in [-0.2, -0.15) is 0 Å². The van der Waals surface area contributed by atoms with E-state index in [0.717, 1.165) is 12.0 Å². The SMILES string of the molecule is O=C([O-])[C@@H]1N=COC1c1ccncc1. The fourth-order valence-electron chi connectivity index (χ4n) is 1.32. The summed E-state index contributed by atoms with van der Waals surface area (Å²) in [4.78, 5) is 18.2. The Kier molecular flexibility index (Phi) is 2.14. The lowest BCUT2D eigenvalue weighted by atomic mass is 10.0. The first kappa shape index (κ1) is 8.68. The van der Waals surface area contributed by atoms with Crippen LogP contribution in [-0.2, 0) is 9.53 Å². The molecule has 0 radical (unpaired) electrons. The van der Waals surface area contributed by atoms with E-state index in [1.165, 1.54) is 0 Å². The number of carbonyl (C=O) groups is 1. The summed E-state index contributed by atoms with van der Waals surface area (Å²) in [5.41, 5.74) is 0.728. The molecule has 0 saturated carbocycles. The lowest BCUT2D eigenvalue weighted by Crippen LogP contribution is -2.36. The van der Waals surface area contributed by atoms with Crippen molar-refractivity contribution in [2.24, 2.45) is 4.99 Å². The number of pyridine rings is 1. The van der Waals surface area contributed by atoms with E-state index >= 15 is 0 Å². The van der Waals surface area contributed by atoms with Gasteiger partial charge in [-0.25, -0.2) is 4.99 Å². The van der Waals surface area contributed by atoms with Gasteiger partial charge in [-0.3, -0.25) is 4.98 Å². The van der Waals surface area contributed by atoms with Crippen LogP contribution < -0.4 is 5.11 Å². The van der Waals surface area contributed by atoms with Crippen LogP contribution in [-0.4, -0.2) is 23.4 Å². The lowest BCUT2D eigenvalue weighted by molar-refractivity contribution is -0.308. The fourth-order valence-corrected chi connectivity index (χ4v) is 1.32. The zero-order chi connectivity index (χ0) is 9.97. The van der Waals surface area contributed by atoms with E-state index in [-0.39, 0.29) is 0 Å². The van der Waals surface area contributed by atoms with Gasteiger partial charge in [-0.1, -0.05) is 0 Å². The van der Waals surface area contributed by atoms with E-state index < -0.39 is 18.1 Å². The number of aromatic nitrogens is 1. The molecular weight excluding hydrogens is 184 g/mol. The van der Waals surface area contributed by atoms with E-state index in [1.807, 2.05) is 0 Å². The Morgan fingerprint density at radius 1 is 1.43 bits per heavy atom. The molecule has 0 amide bonds. The maximum absolute atomic E-state index is 10.7. The summed E-state index contributed by atoms with van der Waals surface area (Å²) in [7, 11) is 0. The van der Waals surface area contributed by atoms with E-state index in [4.69, 9.17) is 4.74 Å². The van der Waals surface area contributed by atoms with Crippen LogP contribution in [0.25, 0.3) is 0 Å². The average Bonchev–Trinajstić information content (AvgIpc) is 2.67. The van der Waals surface area contributed by atoms with Crippen LogP contribution in [0.4, 0.5) is 0 Å². The van der Waals surface area contributed by atoms with Crippen molar-refractivity contribution in [1.29, 1.82) is 0 Å². The van der Waals surface area contributed by atoms with Gasteiger partial charge in [0, 0.05) is 12.4 Å². The molecule has 5 heteroatoms. The van der Waals surface area contributed by atoms with E-state index in [2.05, 4.69) is 9.98 Å². The lowest BCUT2D eigenvalue weighted by Gasteiger charge is -2.17. The first-order chi connectivity index (χ1) is 6.79. The van der Waals surface area contributed by atoms with Crippen molar-refractivity contribution in [2.75, 3.05) is 0 Å². The first-order valence-corrected chi connectivity index (χ1v) is 4.07. The Bertz CT molecular complexity index is 364. The second kappa shape index (κ2) is 3.45. The monoisotopic (exact) mass is 191 g/mol. The topological polar surface area (TPSA) is 74.6 Å². The van der Waals surface area contributed by atoms with E-state index in [1.54, 1.807) is 24.5 Å². The Labute approximate surface area is 80.1 Å². The van der Waals surface area contributed by atoms with Crippen LogP contribution in [0.15, 0.2) is 29.5 Å². The molecule has 0 aliphatic carbocycles. The van der Waals surface area contributed by atoms with Gasteiger partial charge in [-0.15, -0.1) is 0 Å². The second-order valence-electron chi connectivity index (χ2n) is 2.86. The maximum Gasteiger partial charge on any atom is 0.171 e. The molecule has 1 aromatic heterocycles. The van der Waals surface area contributed by atoms with Gasteiger partial charge in [-0.05, 0) is 17.7 Å². The van der Waals surface area contributed by atoms with Gasteiger partial charge in [0.2, 0.25) is 0 Å². The highest BCUT2D eigenvalue weighted by molar-refractivity contribution is 5.76. The quantitative estimate of drug-likeness (QED) is 0.619. The average molecular weight is 191 g/mol. The molecule has 2 atom stereocenters. The molecule has 0 aromatic carbocycles. The number of nitrogens with zero attached hydrogens (tertiary/aromatic N) is 2. The minimum atomic E-state index is -1.24. The molecule has 72 valence electrons. The Morgan fingerprint density at radius 2 is 2.14 bits per heavy atom. The Balaban J connectivity index is 2.24. The minimum absolute atomic E-state index is 0.594. The molecule has 0 spiro atoms. The predicted octanol–water partition coefficient (Wildman–Crippen LogP) is -0.700. The zero-order valence-electron chi connectivity index (χ0n) is 7.16. The van der Waals surface area contributed by atoms with Crippen LogP contribution in [0.3, 0.4) is 0 Å². The van der Waals surface area contributed by atoms with Crippen LogP contribution >= 0.6 is 0 Å². The molecular formula is C9H7N2O3-. The molecule has 14 heavy (non-hydrogen) atoms. The first-order valence-electron chi connectivity index (χ1n) is 4.07. The number of carbonyl (C=O) groups excluding carboxylic acids is 1. The van der Waals surface area contributed by atoms with Crippen LogP contribution in [0.1, 0.15) is 11.7 Å². The predicted molar refractivity (Wildman–Crippen MR) is 45.4 cm³/mol. The van der Waals surface area contributed by atoms with Crippen LogP contribution in [0.5, 0.6) is 0 Å². The fraction of sp³-hybridized carbons (Fsp3) is 0.222. The third-order valence-corrected chi connectivity index (χ3v) is 1.99. The van der Waals surface area contributed by atoms with Crippen LogP contribution in [0, 0.1) is 0 Å². The third kappa shape index (κ3) is 1.44. The molecule has 2 heterocycles. The number of aliphatic imine (C=N–C) groups is 1. The van der Waals surface area contributed by atoms with Crippen molar-refractivity contribution < 1.29 is 14.6 Å². The summed E-state index contributed by atoms with van der Waals surface area (Å²) in [6.07, 6.45) is 3.70. The highest BCUT2D eigenvalue weighted by atomic mass is 16.5. The van der Waals surface area contributed by atoms with Gasteiger partial charge in [0.05, 0.1) is 5.97 Å². The van der Waals surface area contributed by atoms with Gasteiger partial charge >= 0.3 is 0 Å². The van der Waals surface area contributed by atoms with Crippen molar-refractivity contribution in [3.05, 3.63) is 30.1 Å². The standard InChI is InChI=1S/C9H8N2O3/c12-9(13)7-8(14-5-11-7)6-1-3-10-4-2-6/h1-5,7-8H,(H,12,13)/p-1/t7-,8?/m1/s1. The molecule has 0 saturated heterocycles. The largest absolute Gasteiger partial charge is 0.548 e. The summed E-state index contributed by atoms with van der Waals surface area (Å²) in [5.74, 6) is -1.24. The molecule has 5 nitrogen and oxygen atoms in total. The van der Waals surface area contributed by atoms with Crippen molar-refractivity contribution in [2.45, 2.75) is 12.1 Å². The maximum atomic E-state index is 10.7. The number of hydrogen-bond acceptors (Lipinski definition) is 5. The Hall–Kier alpha value is -1.91. The number of rotatable bonds is 2. The smallest absolute Gasteiger partial charge is 0.171 e. The van der Waals surface area contributed by atoms with Gasteiger partial charge in [0.15, 0.2) is 12.5 Å². The summed E-state index contributed by atoms with van der Waals surface area (Å²) >= 11 is 0. The van der Waals surface area contributed by atoms with Crippen molar-refractivity contribution in [3.8, 4) is 0 Å². The number of hydrogen-bond donors (Lipinski definition) is 0. The van der Waals surface area contributed by atoms with Crippen molar-refractivity contribution in [3.63, 3.8) is 0 Å². The molecule has 1 aliphatic rings. The highest BCUT2D eigenvalue weighted by Gasteiger charge is 2.28. The van der Waals surface area contributed by atoms with Gasteiger partial charge in [0.25, 0.3) is 0 Å².